The molecule has 1 aromatic carbocycles. The summed E-state index contributed by atoms with van der Waals surface area (Å²) in [6.07, 6.45) is 1.16. The molecule has 0 spiro atoms. The summed E-state index contributed by atoms with van der Waals surface area (Å²) in [5.41, 5.74) is 1.53. The zero-order valence-corrected chi connectivity index (χ0v) is 12.2. The number of hydrogen-bond donors (Lipinski definition) is 1. The van der Waals surface area contributed by atoms with E-state index in [0.29, 0.717) is 0 Å². The first kappa shape index (κ1) is 13.9. The SMILES string of the molecule is CC(C)(CCN1CCOCC1)c1ccccc1S. The lowest BCUT2D eigenvalue weighted by atomic mass is 9.81. The number of thiol groups is 1. The Morgan fingerprint density at radius 2 is 1.89 bits per heavy atom. The van der Waals surface area contributed by atoms with Gasteiger partial charge in [-0.15, -0.1) is 12.6 Å². The van der Waals surface area contributed by atoms with Crippen molar-refractivity contribution in [2.24, 2.45) is 0 Å². The average molecular weight is 265 g/mol. The first-order valence-electron chi connectivity index (χ1n) is 6.68. The van der Waals surface area contributed by atoms with E-state index in [1.807, 2.05) is 6.07 Å². The highest BCUT2D eigenvalue weighted by molar-refractivity contribution is 7.80. The second kappa shape index (κ2) is 6.09. The highest BCUT2D eigenvalue weighted by Crippen LogP contribution is 2.31. The zero-order valence-electron chi connectivity index (χ0n) is 11.4. The molecule has 0 bridgehead atoms. The number of ether oxygens (including phenoxy) is 1. The van der Waals surface area contributed by atoms with Crippen molar-refractivity contribution >= 4 is 12.6 Å². The molecule has 1 aliphatic rings. The quantitative estimate of drug-likeness (QED) is 0.840. The van der Waals surface area contributed by atoms with Crippen molar-refractivity contribution in [1.82, 2.24) is 4.90 Å². The van der Waals surface area contributed by atoms with E-state index in [4.69, 9.17) is 4.74 Å². The second-order valence-corrected chi connectivity index (χ2v) is 6.09. The van der Waals surface area contributed by atoms with Crippen molar-refractivity contribution in [3.63, 3.8) is 0 Å². The molecular weight excluding hydrogens is 242 g/mol. The molecule has 2 rings (SSSR count). The summed E-state index contributed by atoms with van der Waals surface area (Å²) >= 11 is 4.58. The van der Waals surface area contributed by atoms with Crippen molar-refractivity contribution in [1.29, 1.82) is 0 Å². The lowest BCUT2D eigenvalue weighted by Gasteiger charge is -2.32. The maximum Gasteiger partial charge on any atom is 0.0594 e. The van der Waals surface area contributed by atoms with Crippen LogP contribution in [0.25, 0.3) is 0 Å². The largest absolute Gasteiger partial charge is 0.379 e. The topological polar surface area (TPSA) is 12.5 Å². The minimum Gasteiger partial charge on any atom is -0.379 e. The Morgan fingerprint density at radius 3 is 2.56 bits per heavy atom. The van der Waals surface area contributed by atoms with Crippen LogP contribution in [0.1, 0.15) is 25.8 Å². The van der Waals surface area contributed by atoms with E-state index < -0.39 is 0 Å². The smallest absolute Gasteiger partial charge is 0.0594 e. The predicted molar refractivity (Wildman–Crippen MR) is 78.6 cm³/mol. The standard InChI is InChI=1S/C15H23NOS/c1-15(2,13-5-3-4-6-14(13)18)7-8-16-9-11-17-12-10-16/h3-6,18H,7-12H2,1-2H3. The van der Waals surface area contributed by atoms with Crippen LogP contribution in [0.3, 0.4) is 0 Å². The summed E-state index contributed by atoms with van der Waals surface area (Å²) in [7, 11) is 0. The summed E-state index contributed by atoms with van der Waals surface area (Å²) in [6, 6.07) is 8.42. The van der Waals surface area contributed by atoms with E-state index in [1.165, 1.54) is 5.56 Å². The molecule has 0 atom stereocenters. The molecule has 1 fully saturated rings. The van der Waals surface area contributed by atoms with Gasteiger partial charge < -0.3 is 4.74 Å². The Balaban J connectivity index is 1.96. The van der Waals surface area contributed by atoms with Crippen LogP contribution in [0, 0.1) is 0 Å². The van der Waals surface area contributed by atoms with Crippen LogP contribution in [-0.2, 0) is 10.2 Å². The fraction of sp³-hybridized carbons (Fsp3) is 0.600. The molecule has 1 saturated heterocycles. The Morgan fingerprint density at radius 1 is 1.22 bits per heavy atom. The molecule has 0 radical (unpaired) electrons. The van der Waals surface area contributed by atoms with Crippen LogP contribution in [-0.4, -0.2) is 37.7 Å². The fourth-order valence-electron chi connectivity index (χ4n) is 2.44. The normalized spacial score (nSPS) is 17.9. The van der Waals surface area contributed by atoms with Gasteiger partial charge in [-0.25, -0.2) is 0 Å². The monoisotopic (exact) mass is 265 g/mol. The fourth-order valence-corrected chi connectivity index (χ4v) is 2.91. The van der Waals surface area contributed by atoms with Crippen LogP contribution < -0.4 is 0 Å². The molecule has 1 aliphatic heterocycles. The van der Waals surface area contributed by atoms with Crippen molar-refractivity contribution in [3.8, 4) is 0 Å². The molecule has 1 aromatic rings. The summed E-state index contributed by atoms with van der Waals surface area (Å²) in [5, 5.41) is 0. The minimum absolute atomic E-state index is 0.177. The van der Waals surface area contributed by atoms with Gasteiger partial charge in [-0.3, -0.25) is 4.90 Å². The average Bonchev–Trinajstić information content (AvgIpc) is 2.38. The number of rotatable bonds is 4. The molecule has 0 aliphatic carbocycles. The molecule has 1 heterocycles. The predicted octanol–water partition coefficient (Wildman–Crippen LogP) is 2.98. The molecule has 3 heteroatoms. The third kappa shape index (κ3) is 3.50. The van der Waals surface area contributed by atoms with Crippen molar-refractivity contribution in [2.45, 2.75) is 30.6 Å². The zero-order chi connectivity index (χ0) is 13.0. The van der Waals surface area contributed by atoms with Crippen molar-refractivity contribution < 1.29 is 4.74 Å². The van der Waals surface area contributed by atoms with Gasteiger partial charge in [-0.05, 0) is 30.0 Å². The number of nitrogens with zero attached hydrogens (tertiary/aromatic N) is 1. The highest BCUT2D eigenvalue weighted by atomic mass is 32.1. The van der Waals surface area contributed by atoms with E-state index in [1.54, 1.807) is 0 Å². The Kier molecular flexibility index (Phi) is 4.71. The van der Waals surface area contributed by atoms with Gasteiger partial charge in [0.15, 0.2) is 0 Å². The van der Waals surface area contributed by atoms with E-state index in [-0.39, 0.29) is 5.41 Å². The van der Waals surface area contributed by atoms with Gasteiger partial charge in [0.05, 0.1) is 13.2 Å². The van der Waals surface area contributed by atoms with Gasteiger partial charge in [0.25, 0.3) is 0 Å². The highest BCUT2D eigenvalue weighted by Gasteiger charge is 2.23. The summed E-state index contributed by atoms with van der Waals surface area (Å²) in [6.45, 7) is 9.65. The lowest BCUT2D eigenvalue weighted by Crippen LogP contribution is -2.38. The van der Waals surface area contributed by atoms with Crippen LogP contribution >= 0.6 is 12.6 Å². The molecule has 0 unspecified atom stereocenters. The molecule has 0 N–H and O–H groups in total. The molecule has 2 nitrogen and oxygen atoms in total. The van der Waals surface area contributed by atoms with Gasteiger partial charge in [0, 0.05) is 18.0 Å². The Labute approximate surface area is 116 Å². The van der Waals surface area contributed by atoms with Gasteiger partial charge in [-0.1, -0.05) is 32.0 Å². The van der Waals surface area contributed by atoms with E-state index in [9.17, 15) is 0 Å². The first-order valence-corrected chi connectivity index (χ1v) is 7.13. The maximum atomic E-state index is 5.38. The second-order valence-electron chi connectivity index (χ2n) is 5.61. The molecule has 0 amide bonds. The number of benzene rings is 1. The molecule has 18 heavy (non-hydrogen) atoms. The number of hydrogen-bond acceptors (Lipinski definition) is 3. The van der Waals surface area contributed by atoms with Gasteiger partial charge >= 0.3 is 0 Å². The molecular formula is C15H23NOS. The van der Waals surface area contributed by atoms with E-state index in [0.717, 1.165) is 44.2 Å². The lowest BCUT2D eigenvalue weighted by molar-refractivity contribution is 0.0350. The maximum absolute atomic E-state index is 5.38. The van der Waals surface area contributed by atoms with Crippen LogP contribution in [0.5, 0.6) is 0 Å². The minimum atomic E-state index is 0.177. The van der Waals surface area contributed by atoms with Crippen molar-refractivity contribution in [2.75, 3.05) is 32.8 Å². The van der Waals surface area contributed by atoms with Gasteiger partial charge in [-0.2, -0.15) is 0 Å². The molecule has 0 saturated carbocycles. The van der Waals surface area contributed by atoms with Gasteiger partial charge in [0.2, 0.25) is 0 Å². The Bertz CT molecular complexity index is 386. The van der Waals surface area contributed by atoms with E-state index in [2.05, 4.69) is 49.6 Å². The third-order valence-corrected chi connectivity index (χ3v) is 4.18. The third-order valence-electron chi connectivity index (χ3n) is 3.79. The summed E-state index contributed by atoms with van der Waals surface area (Å²) in [4.78, 5) is 3.59. The van der Waals surface area contributed by atoms with Crippen LogP contribution in [0.15, 0.2) is 29.2 Å². The van der Waals surface area contributed by atoms with Crippen LogP contribution in [0.2, 0.25) is 0 Å². The van der Waals surface area contributed by atoms with Crippen LogP contribution in [0.4, 0.5) is 0 Å². The van der Waals surface area contributed by atoms with Gasteiger partial charge in [0.1, 0.15) is 0 Å². The summed E-state index contributed by atoms with van der Waals surface area (Å²) in [5.74, 6) is 0. The van der Waals surface area contributed by atoms with E-state index >= 15 is 0 Å². The Hall–Kier alpha value is -0.510. The first-order chi connectivity index (χ1) is 8.59. The number of morpholine rings is 1. The van der Waals surface area contributed by atoms with Crippen molar-refractivity contribution in [3.05, 3.63) is 29.8 Å². The summed E-state index contributed by atoms with van der Waals surface area (Å²) < 4.78 is 5.38. The molecule has 100 valence electrons. The molecule has 0 aromatic heterocycles.